The van der Waals surface area contributed by atoms with E-state index in [1.54, 1.807) is 17.9 Å². The normalized spacial score (nSPS) is 27.5. The van der Waals surface area contributed by atoms with Crippen molar-refractivity contribution in [2.75, 3.05) is 19.6 Å². The van der Waals surface area contributed by atoms with Gasteiger partial charge in [0.1, 0.15) is 5.52 Å². The Bertz CT molecular complexity index is 1280. The molecule has 0 aromatic carbocycles. The lowest BCUT2D eigenvalue weighted by molar-refractivity contribution is -0.153. The number of piperazine rings is 1. The molecule has 2 amide bonds. The van der Waals surface area contributed by atoms with Crippen LogP contribution in [0, 0.1) is 5.92 Å². The van der Waals surface area contributed by atoms with Gasteiger partial charge in [-0.25, -0.2) is 13.8 Å². The Morgan fingerprint density at radius 1 is 1.08 bits per heavy atom. The van der Waals surface area contributed by atoms with Crippen LogP contribution in [-0.4, -0.2) is 68.4 Å². The van der Waals surface area contributed by atoms with Crippen LogP contribution in [0.3, 0.4) is 0 Å². The summed E-state index contributed by atoms with van der Waals surface area (Å²) >= 11 is 0. The van der Waals surface area contributed by atoms with E-state index in [9.17, 15) is 23.5 Å². The van der Waals surface area contributed by atoms with Gasteiger partial charge in [0.05, 0.1) is 11.1 Å². The standard InChI is InChI=1S/C30H41F2N3O4/c1-27(2,3)20-13-21(18-7-9-30(31,32)10-8-18)33-22-14-23(39-24(20)22)26(37)35-12-11-34(17-28(35,4)5)25(36)19-15-29(6,38)16-19/h13-14,18-19,38H,7-12,15-17H2,1-6H3/t19-,29+. The van der Waals surface area contributed by atoms with E-state index in [1.807, 2.05) is 24.8 Å². The van der Waals surface area contributed by atoms with E-state index in [-0.39, 0.29) is 47.7 Å². The molecule has 9 heteroatoms. The lowest BCUT2D eigenvalue weighted by Gasteiger charge is -2.49. The summed E-state index contributed by atoms with van der Waals surface area (Å²) in [5.74, 6) is -2.85. The molecule has 0 bridgehead atoms. The Morgan fingerprint density at radius 2 is 1.72 bits per heavy atom. The highest BCUT2D eigenvalue weighted by atomic mass is 19.3. The van der Waals surface area contributed by atoms with Crippen LogP contribution in [-0.2, 0) is 10.2 Å². The lowest BCUT2D eigenvalue weighted by Crippen LogP contribution is -2.63. The zero-order chi connectivity index (χ0) is 28.5. The highest BCUT2D eigenvalue weighted by Gasteiger charge is 2.47. The van der Waals surface area contributed by atoms with E-state index < -0.39 is 17.1 Å². The summed E-state index contributed by atoms with van der Waals surface area (Å²) < 4.78 is 33.8. The van der Waals surface area contributed by atoms with E-state index in [4.69, 9.17) is 9.40 Å². The van der Waals surface area contributed by atoms with Gasteiger partial charge in [-0.2, -0.15) is 0 Å². The molecule has 0 unspecified atom stereocenters. The fourth-order valence-corrected chi connectivity index (χ4v) is 6.54. The van der Waals surface area contributed by atoms with Crippen LogP contribution < -0.4 is 0 Å². The topological polar surface area (TPSA) is 86.9 Å². The summed E-state index contributed by atoms with van der Waals surface area (Å²) in [6.07, 6.45) is 1.43. The molecule has 2 aliphatic carbocycles. The molecule has 2 aromatic rings. The molecule has 3 heterocycles. The van der Waals surface area contributed by atoms with Gasteiger partial charge < -0.3 is 19.3 Å². The van der Waals surface area contributed by atoms with E-state index in [0.29, 0.717) is 56.4 Å². The highest BCUT2D eigenvalue weighted by Crippen LogP contribution is 2.43. The van der Waals surface area contributed by atoms with Crippen molar-refractivity contribution in [1.29, 1.82) is 0 Å². The fraction of sp³-hybridized carbons (Fsp3) is 0.700. The maximum absolute atomic E-state index is 13.8. The van der Waals surface area contributed by atoms with Crippen molar-refractivity contribution in [2.45, 2.75) is 108 Å². The molecule has 0 atom stereocenters. The second kappa shape index (κ2) is 9.25. The van der Waals surface area contributed by atoms with Gasteiger partial charge in [-0.3, -0.25) is 9.59 Å². The SMILES string of the molecule is CC(C)(C)c1cc(C2CCC(F)(F)CC2)nc2cc(C(=O)N3CCN(C(=O)[C@H]4C[C@@](C)(O)C4)CC3(C)C)oc12. The van der Waals surface area contributed by atoms with Crippen LogP contribution in [0.1, 0.15) is 108 Å². The molecule has 0 spiro atoms. The smallest absolute Gasteiger partial charge is 0.290 e. The van der Waals surface area contributed by atoms with Gasteiger partial charge >= 0.3 is 0 Å². The van der Waals surface area contributed by atoms with Crippen molar-refractivity contribution in [3.05, 3.63) is 29.2 Å². The fourth-order valence-electron chi connectivity index (χ4n) is 6.54. The molecular weight excluding hydrogens is 504 g/mol. The van der Waals surface area contributed by atoms with Crippen molar-refractivity contribution < 1.29 is 27.9 Å². The number of pyridine rings is 1. The molecule has 2 saturated carbocycles. The number of furan rings is 1. The molecule has 5 rings (SSSR count). The average molecular weight is 546 g/mol. The van der Waals surface area contributed by atoms with Crippen LogP contribution in [0.5, 0.6) is 0 Å². The summed E-state index contributed by atoms with van der Waals surface area (Å²) in [6, 6.07) is 3.65. The van der Waals surface area contributed by atoms with Gasteiger partial charge in [0, 0.05) is 61.6 Å². The van der Waals surface area contributed by atoms with Crippen LogP contribution in [0.25, 0.3) is 11.1 Å². The monoisotopic (exact) mass is 545 g/mol. The summed E-state index contributed by atoms with van der Waals surface area (Å²) in [5, 5.41) is 10.0. The largest absolute Gasteiger partial charge is 0.449 e. The molecular formula is C30H41F2N3O4. The predicted octanol–water partition coefficient (Wildman–Crippen LogP) is 5.64. The van der Waals surface area contributed by atoms with E-state index in [0.717, 1.165) is 11.3 Å². The van der Waals surface area contributed by atoms with E-state index >= 15 is 0 Å². The maximum atomic E-state index is 13.8. The number of halogens is 2. The minimum Gasteiger partial charge on any atom is -0.449 e. The number of fused-ring (bicyclic) bond motifs is 1. The third-order valence-corrected chi connectivity index (χ3v) is 8.83. The Kier molecular flexibility index (Phi) is 6.64. The first-order chi connectivity index (χ1) is 18.0. The second-order valence-electron chi connectivity index (χ2n) is 13.9. The van der Waals surface area contributed by atoms with Crippen molar-refractivity contribution in [3.63, 3.8) is 0 Å². The van der Waals surface area contributed by atoms with Gasteiger partial charge in [-0.15, -0.1) is 0 Å². The van der Waals surface area contributed by atoms with Crippen LogP contribution in [0.2, 0.25) is 0 Å². The summed E-state index contributed by atoms with van der Waals surface area (Å²) in [6.45, 7) is 13.0. The van der Waals surface area contributed by atoms with Crippen molar-refractivity contribution >= 4 is 22.9 Å². The summed E-state index contributed by atoms with van der Waals surface area (Å²) in [7, 11) is 0. The molecule has 3 aliphatic rings. The number of carbonyl (C=O) groups excluding carboxylic acids is 2. The Hall–Kier alpha value is -2.55. The first-order valence-corrected chi connectivity index (χ1v) is 14.1. The molecule has 2 aromatic heterocycles. The van der Waals surface area contributed by atoms with Gasteiger partial charge in [-0.1, -0.05) is 20.8 Å². The quantitative estimate of drug-likeness (QED) is 0.539. The number of carbonyl (C=O) groups is 2. The zero-order valence-electron chi connectivity index (χ0n) is 23.9. The number of hydrogen-bond acceptors (Lipinski definition) is 5. The number of nitrogens with zero attached hydrogens (tertiary/aromatic N) is 3. The third-order valence-electron chi connectivity index (χ3n) is 8.83. The minimum absolute atomic E-state index is 0.0393. The molecule has 3 fully saturated rings. The number of hydrogen-bond donors (Lipinski definition) is 1. The molecule has 0 radical (unpaired) electrons. The van der Waals surface area contributed by atoms with Crippen molar-refractivity contribution in [1.82, 2.24) is 14.8 Å². The van der Waals surface area contributed by atoms with Gasteiger partial charge in [0.15, 0.2) is 11.3 Å². The molecule has 1 aliphatic heterocycles. The number of aromatic nitrogens is 1. The summed E-state index contributed by atoms with van der Waals surface area (Å²) in [4.78, 5) is 35.1. The molecule has 1 saturated heterocycles. The number of amides is 2. The van der Waals surface area contributed by atoms with E-state index in [1.165, 1.54) is 0 Å². The highest BCUT2D eigenvalue weighted by molar-refractivity contribution is 5.96. The third kappa shape index (κ3) is 5.43. The molecule has 7 nitrogen and oxygen atoms in total. The second-order valence-corrected chi connectivity index (χ2v) is 13.9. The number of rotatable bonds is 3. The number of alkyl halides is 2. The van der Waals surface area contributed by atoms with Gasteiger partial charge in [0.25, 0.3) is 5.91 Å². The number of aliphatic hydroxyl groups is 1. The van der Waals surface area contributed by atoms with Gasteiger partial charge in [0.2, 0.25) is 11.8 Å². The van der Waals surface area contributed by atoms with Crippen LogP contribution in [0.15, 0.2) is 16.5 Å². The first-order valence-electron chi connectivity index (χ1n) is 14.1. The maximum Gasteiger partial charge on any atom is 0.290 e. The summed E-state index contributed by atoms with van der Waals surface area (Å²) in [5.41, 5.74) is 1.13. The van der Waals surface area contributed by atoms with E-state index in [2.05, 4.69) is 20.8 Å². The lowest BCUT2D eigenvalue weighted by atomic mass is 9.71. The van der Waals surface area contributed by atoms with Crippen LogP contribution in [0.4, 0.5) is 8.78 Å². The molecule has 1 N–H and O–H groups in total. The van der Waals surface area contributed by atoms with Crippen LogP contribution >= 0.6 is 0 Å². The van der Waals surface area contributed by atoms with Crippen molar-refractivity contribution in [2.24, 2.45) is 5.92 Å². The Labute approximate surface area is 228 Å². The van der Waals surface area contributed by atoms with Crippen molar-refractivity contribution in [3.8, 4) is 0 Å². The Balaban J connectivity index is 1.38. The molecule has 39 heavy (non-hydrogen) atoms. The first kappa shape index (κ1) is 28.0. The Morgan fingerprint density at radius 3 is 2.28 bits per heavy atom. The van der Waals surface area contributed by atoms with Gasteiger partial charge in [-0.05, 0) is 57.9 Å². The minimum atomic E-state index is -2.61. The average Bonchev–Trinajstić information content (AvgIpc) is 3.24. The zero-order valence-corrected chi connectivity index (χ0v) is 23.9. The predicted molar refractivity (Wildman–Crippen MR) is 144 cm³/mol. The molecule has 214 valence electrons.